The number of amides is 1. The zero-order valence-corrected chi connectivity index (χ0v) is 19.9. The van der Waals surface area contributed by atoms with Gasteiger partial charge in [0.1, 0.15) is 11.3 Å². The Morgan fingerprint density at radius 1 is 1.00 bits per heavy atom. The van der Waals surface area contributed by atoms with Crippen LogP contribution in [0.4, 0.5) is 0 Å². The topological polar surface area (TPSA) is 86.7 Å². The standard InChI is InChI=1S/C23H22N2O6S2/c1-28-17-12-19(30-3)18(29-2)10-14(17)23(27)31-13-22(26)25-16(21-7-5-9-33-21)11-15(24-25)20-6-4-8-32-20/h4-10,12,16H,11,13H2,1-3H3. The Kier molecular flexibility index (Phi) is 6.95. The molecule has 0 saturated carbocycles. The van der Waals surface area contributed by atoms with E-state index in [9.17, 15) is 9.59 Å². The number of hydrogen-bond acceptors (Lipinski definition) is 9. The maximum atomic E-state index is 13.1. The fourth-order valence-electron chi connectivity index (χ4n) is 3.49. The molecule has 0 spiro atoms. The summed E-state index contributed by atoms with van der Waals surface area (Å²) >= 11 is 3.13. The number of ether oxygens (including phenoxy) is 4. The Labute approximate surface area is 199 Å². The van der Waals surface area contributed by atoms with Crippen LogP contribution in [0.15, 0.2) is 52.3 Å². The van der Waals surface area contributed by atoms with E-state index in [1.54, 1.807) is 22.7 Å². The summed E-state index contributed by atoms with van der Waals surface area (Å²) < 4.78 is 21.1. The third-order valence-corrected chi connectivity index (χ3v) is 6.99. The van der Waals surface area contributed by atoms with Gasteiger partial charge in [0.25, 0.3) is 5.91 Å². The van der Waals surface area contributed by atoms with Crippen LogP contribution in [0.2, 0.25) is 0 Å². The molecule has 1 aromatic carbocycles. The van der Waals surface area contributed by atoms with Crippen LogP contribution < -0.4 is 14.2 Å². The van der Waals surface area contributed by atoms with Gasteiger partial charge in [0.2, 0.25) is 0 Å². The fraction of sp³-hybridized carbons (Fsp3) is 0.261. The van der Waals surface area contributed by atoms with E-state index >= 15 is 0 Å². The maximum absolute atomic E-state index is 13.1. The first-order chi connectivity index (χ1) is 16.0. The summed E-state index contributed by atoms with van der Waals surface area (Å²) in [4.78, 5) is 27.9. The molecule has 0 aliphatic carbocycles. The van der Waals surface area contributed by atoms with E-state index in [0.717, 1.165) is 15.5 Å². The monoisotopic (exact) mass is 486 g/mol. The molecule has 0 fully saturated rings. The van der Waals surface area contributed by atoms with Crippen LogP contribution in [0.3, 0.4) is 0 Å². The van der Waals surface area contributed by atoms with Gasteiger partial charge >= 0.3 is 5.97 Å². The molecular weight excluding hydrogens is 464 g/mol. The molecule has 1 amide bonds. The number of carbonyl (C=O) groups is 2. The number of methoxy groups -OCH3 is 3. The van der Waals surface area contributed by atoms with Crippen molar-refractivity contribution in [1.29, 1.82) is 0 Å². The molecule has 10 heteroatoms. The number of hydrazone groups is 1. The van der Waals surface area contributed by atoms with Gasteiger partial charge in [-0.3, -0.25) is 4.79 Å². The average molecular weight is 487 g/mol. The molecule has 0 radical (unpaired) electrons. The van der Waals surface area contributed by atoms with E-state index in [2.05, 4.69) is 5.10 Å². The lowest BCUT2D eigenvalue weighted by Crippen LogP contribution is -2.31. The minimum Gasteiger partial charge on any atom is -0.496 e. The third-order valence-electron chi connectivity index (χ3n) is 5.10. The van der Waals surface area contributed by atoms with Crippen molar-refractivity contribution in [1.82, 2.24) is 5.01 Å². The molecule has 1 atom stereocenters. The van der Waals surface area contributed by atoms with Crippen LogP contribution in [0.25, 0.3) is 0 Å². The zero-order valence-electron chi connectivity index (χ0n) is 18.3. The highest BCUT2D eigenvalue weighted by atomic mass is 32.1. The summed E-state index contributed by atoms with van der Waals surface area (Å²) in [6.45, 7) is -0.459. The predicted molar refractivity (Wildman–Crippen MR) is 126 cm³/mol. The molecule has 8 nitrogen and oxygen atoms in total. The number of rotatable bonds is 8. The first-order valence-electron chi connectivity index (χ1n) is 9.99. The van der Waals surface area contributed by atoms with E-state index in [1.165, 1.54) is 38.5 Å². The maximum Gasteiger partial charge on any atom is 0.342 e. The summed E-state index contributed by atoms with van der Waals surface area (Å²) in [5, 5.41) is 9.92. The fourth-order valence-corrected chi connectivity index (χ4v) is 5.03. The Bertz CT molecular complexity index is 1160. The molecule has 33 heavy (non-hydrogen) atoms. The largest absolute Gasteiger partial charge is 0.496 e. The molecule has 0 bridgehead atoms. The molecule has 3 heterocycles. The van der Waals surface area contributed by atoms with Crippen LogP contribution in [-0.2, 0) is 9.53 Å². The van der Waals surface area contributed by atoms with Gasteiger partial charge in [-0.15, -0.1) is 22.7 Å². The number of nitrogens with zero attached hydrogens (tertiary/aromatic N) is 2. The van der Waals surface area contributed by atoms with Crippen molar-refractivity contribution in [2.24, 2.45) is 5.10 Å². The highest BCUT2D eigenvalue weighted by molar-refractivity contribution is 7.12. The van der Waals surface area contributed by atoms with Crippen LogP contribution in [0, 0.1) is 0 Å². The van der Waals surface area contributed by atoms with Crippen LogP contribution in [0.5, 0.6) is 17.2 Å². The van der Waals surface area contributed by atoms with Crippen LogP contribution in [0.1, 0.15) is 32.6 Å². The first-order valence-corrected chi connectivity index (χ1v) is 11.8. The van der Waals surface area contributed by atoms with Gasteiger partial charge in [-0.1, -0.05) is 12.1 Å². The second-order valence-corrected chi connectivity index (χ2v) is 8.91. The average Bonchev–Trinajstić information content (AvgIpc) is 3.62. The molecule has 2 aromatic heterocycles. The molecule has 1 aliphatic rings. The van der Waals surface area contributed by atoms with Crippen molar-refractivity contribution < 1.29 is 28.5 Å². The lowest BCUT2D eigenvalue weighted by molar-refractivity contribution is -0.136. The predicted octanol–water partition coefficient (Wildman–Crippen LogP) is 4.37. The molecule has 1 unspecified atom stereocenters. The number of hydrogen-bond donors (Lipinski definition) is 0. The van der Waals surface area contributed by atoms with Crippen molar-refractivity contribution in [2.75, 3.05) is 27.9 Å². The van der Waals surface area contributed by atoms with Crippen molar-refractivity contribution in [3.63, 3.8) is 0 Å². The molecular formula is C23H22N2O6S2. The molecule has 0 saturated heterocycles. The van der Waals surface area contributed by atoms with E-state index in [4.69, 9.17) is 18.9 Å². The minimum atomic E-state index is -0.713. The van der Waals surface area contributed by atoms with Crippen LogP contribution in [-0.4, -0.2) is 50.5 Å². The quantitative estimate of drug-likeness (QED) is 0.440. The summed E-state index contributed by atoms with van der Waals surface area (Å²) in [7, 11) is 4.38. The van der Waals surface area contributed by atoms with E-state index in [1.807, 2.05) is 35.0 Å². The summed E-state index contributed by atoms with van der Waals surface area (Å²) in [6, 6.07) is 10.6. The van der Waals surface area contributed by atoms with Gasteiger partial charge in [0, 0.05) is 23.4 Å². The number of benzene rings is 1. The van der Waals surface area contributed by atoms with Crippen molar-refractivity contribution in [3.05, 3.63) is 62.5 Å². The van der Waals surface area contributed by atoms with E-state index < -0.39 is 18.5 Å². The van der Waals surface area contributed by atoms with Crippen molar-refractivity contribution in [2.45, 2.75) is 12.5 Å². The highest BCUT2D eigenvalue weighted by Gasteiger charge is 2.34. The number of carbonyl (C=O) groups excluding carboxylic acids is 2. The SMILES string of the molecule is COc1cc(OC)c(C(=O)OCC(=O)N2N=C(c3cccs3)CC2c2cccs2)cc1OC. The van der Waals surface area contributed by atoms with Gasteiger partial charge in [-0.05, 0) is 22.9 Å². The van der Waals surface area contributed by atoms with Crippen molar-refractivity contribution in [3.8, 4) is 17.2 Å². The summed E-state index contributed by atoms with van der Waals surface area (Å²) in [5.41, 5.74) is 0.964. The zero-order chi connectivity index (χ0) is 23.4. The molecule has 4 rings (SSSR count). The normalized spacial score (nSPS) is 15.2. The molecule has 3 aromatic rings. The number of esters is 1. The minimum absolute atomic E-state index is 0.127. The Morgan fingerprint density at radius 2 is 1.70 bits per heavy atom. The Balaban J connectivity index is 1.52. The van der Waals surface area contributed by atoms with Gasteiger partial charge in [-0.25, -0.2) is 9.80 Å². The molecule has 172 valence electrons. The van der Waals surface area contributed by atoms with Gasteiger partial charge in [-0.2, -0.15) is 5.10 Å². The summed E-state index contributed by atoms with van der Waals surface area (Å²) in [6.07, 6.45) is 0.601. The van der Waals surface area contributed by atoms with E-state index in [-0.39, 0.29) is 17.4 Å². The lowest BCUT2D eigenvalue weighted by Gasteiger charge is -2.20. The summed E-state index contributed by atoms with van der Waals surface area (Å²) in [5.74, 6) is -0.115. The lowest BCUT2D eigenvalue weighted by atomic mass is 10.1. The Morgan fingerprint density at radius 3 is 2.33 bits per heavy atom. The van der Waals surface area contributed by atoms with Gasteiger partial charge in [0.05, 0.1) is 38.0 Å². The third kappa shape index (κ3) is 4.71. The van der Waals surface area contributed by atoms with Gasteiger partial charge in [0.15, 0.2) is 18.1 Å². The Hall–Kier alpha value is -3.37. The van der Waals surface area contributed by atoms with Crippen molar-refractivity contribution >= 4 is 40.3 Å². The second kappa shape index (κ2) is 10.1. The molecule has 1 aliphatic heterocycles. The smallest absolute Gasteiger partial charge is 0.342 e. The second-order valence-electron chi connectivity index (χ2n) is 6.98. The van der Waals surface area contributed by atoms with Crippen LogP contribution >= 0.6 is 22.7 Å². The first kappa shape index (κ1) is 22.8. The highest BCUT2D eigenvalue weighted by Crippen LogP contribution is 2.37. The molecule has 0 N–H and O–H groups in total. The number of thiophene rings is 2. The van der Waals surface area contributed by atoms with E-state index in [0.29, 0.717) is 17.9 Å². The van der Waals surface area contributed by atoms with Gasteiger partial charge < -0.3 is 18.9 Å².